The van der Waals surface area contributed by atoms with Crippen LogP contribution in [0, 0.1) is 17.6 Å². The molecule has 2 rings (SSSR count). The van der Waals surface area contributed by atoms with Gasteiger partial charge < -0.3 is 5.32 Å². The number of hydrogen-bond acceptors (Lipinski definition) is 1. The van der Waals surface area contributed by atoms with Crippen molar-refractivity contribution in [3.8, 4) is 0 Å². The summed E-state index contributed by atoms with van der Waals surface area (Å²) in [6.07, 6.45) is 5.67. The first kappa shape index (κ1) is 13.5. The summed E-state index contributed by atoms with van der Waals surface area (Å²) < 4.78 is 26.0. The van der Waals surface area contributed by atoms with Crippen LogP contribution >= 0.6 is 0 Å². The molecule has 1 nitrogen and oxygen atoms in total. The van der Waals surface area contributed by atoms with E-state index in [1.54, 1.807) is 6.07 Å². The summed E-state index contributed by atoms with van der Waals surface area (Å²) in [6.45, 7) is 3.13. The van der Waals surface area contributed by atoms with E-state index >= 15 is 0 Å². The molecule has 0 heterocycles. The predicted octanol–water partition coefficient (Wildman–Crippen LogP) is 3.68. The minimum Gasteiger partial charge on any atom is -0.314 e. The zero-order valence-electron chi connectivity index (χ0n) is 10.9. The van der Waals surface area contributed by atoms with Gasteiger partial charge in [-0.1, -0.05) is 25.8 Å². The molecule has 1 saturated carbocycles. The lowest BCUT2D eigenvalue weighted by atomic mass is 9.82. The lowest BCUT2D eigenvalue weighted by Crippen LogP contribution is -2.34. The maximum Gasteiger partial charge on any atom is 0.159 e. The molecule has 1 fully saturated rings. The molecule has 2 atom stereocenters. The Hall–Kier alpha value is -0.960. The van der Waals surface area contributed by atoms with Crippen molar-refractivity contribution < 1.29 is 8.78 Å². The largest absolute Gasteiger partial charge is 0.314 e. The quantitative estimate of drug-likeness (QED) is 0.863. The Labute approximate surface area is 108 Å². The third kappa shape index (κ3) is 3.52. The lowest BCUT2D eigenvalue weighted by Gasteiger charge is -2.29. The van der Waals surface area contributed by atoms with Crippen molar-refractivity contribution in [1.82, 2.24) is 5.32 Å². The number of hydrogen-bond donors (Lipinski definition) is 1. The van der Waals surface area contributed by atoms with E-state index in [2.05, 4.69) is 12.2 Å². The van der Waals surface area contributed by atoms with Gasteiger partial charge in [0.2, 0.25) is 0 Å². The van der Waals surface area contributed by atoms with Crippen LogP contribution in [0.4, 0.5) is 8.78 Å². The molecule has 1 aromatic carbocycles. The van der Waals surface area contributed by atoms with Gasteiger partial charge in [-0.3, -0.25) is 0 Å². The topological polar surface area (TPSA) is 12.0 Å². The monoisotopic (exact) mass is 253 g/mol. The molecule has 0 amide bonds. The highest BCUT2D eigenvalue weighted by molar-refractivity contribution is 5.18. The van der Waals surface area contributed by atoms with Crippen LogP contribution in [-0.4, -0.2) is 12.6 Å². The van der Waals surface area contributed by atoms with Crippen molar-refractivity contribution >= 4 is 0 Å². The molecular formula is C15H21F2N. The molecule has 0 radical (unpaired) electrons. The Morgan fingerprint density at radius 1 is 1.22 bits per heavy atom. The summed E-state index contributed by atoms with van der Waals surface area (Å²) in [7, 11) is 0. The van der Waals surface area contributed by atoms with E-state index in [4.69, 9.17) is 0 Å². The Morgan fingerprint density at radius 3 is 2.78 bits per heavy atom. The fraction of sp³-hybridized carbons (Fsp3) is 0.600. The molecule has 2 unspecified atom stereocenters. The fourth-order valence-corrected chi connectivity index (χ4v) is 2.95. The van der Waals surface area contributed by atoms with Crippen molar-refractivity contribution in [3.05, 3.63) is 35.4 Å². The van der Waals surface area contributed by atoms with Gasteiger partial charge in [0.1, 0.15) is 0 Å². The summed E-state index contributed by atoms with van der Waals surface area (Å²) in [4.78, 5) is 0. The number of nitrogens with one attached hydrogen (secondary N) is 1. The van der Waals surface area contributed by atoms with E-state index in [9.17, 15) is 8.78 Å². The summed E-state index contributed by atoms with van der Waals surface area (Å²) in [5.41, 5.74) is 0.913. The molecule has 18 heavy (non-hydrogen) atoms. The van der Waals surface area contributed by atoms with Crippen LogP contribution in [0.3, 0.4) is 0 Å². The van der Waals surface area contributed by atoms with Crippen molar-refractivity contribution in [2.75, 3.05) is 6.54 Å². The van der Waals surface area contributed by atoms with Crippen molar-refractivity contribution in [2.45, 2.75) is 45.1 Å². The van der Waals surface area contributed by atoms with E-state index in [1.807, 2.05) is 0 Å². The summed E-state index contributed by atoms with van der Waals surface area (Å²) >= 11 is 0. The van der Waals surface area contributed by atoms with E-state index in [0.717, 1.165) is 24.9 Å². The van der Waals surface area contributed by atoms with E-state index in [1.165, 1.54) is 31.4 Å². The Morgan fingerprint density at radius 2 is 2.06 bits per heavy atom. The van der Waals surface area contributed by atoms with Gasteiger partial charge in [-0.05, 0) is 49.4 Å². The van der Waals surface area contributed by atoms with Gasteiger partial charge in [0.05, 0.1) is 0 Å². The summed E-state index contributed by atoms with van der Waals surface area (Å²) in [6, 6.07) is 4.87. The van der Waals surface area contributed by atoms with Gasteiger partial charge in [0.25, 0.3) is 0 Å². The Bertz CT molecular complexity index is 390. The molecule has 0 spiro atoms. The zero-order chi connectivity index (χ0) is 13.0. The SMILES string of the molecule is CCNC1CCCC(Cc2ccc(F)c(F)c2)C1. The van der Waals surface area contributed by atoms with Crippen LogP contribution in [0.25, 0.3) is 0 Å². The smallest absolute Gasteiger partial charge is 0.159 e. The fourth-order valence-electron chi connectivity index (χ4n) is 2.95. The van der Waals surface area contributed by atoms with Crippen molar-refractivity contribution in [3.63, 3.8) is 0 Å². The normalized spacial score (nSPS) is 24.2. The molecule has 1 aliphatic rings. The second kappa shape index (κ2) is 6.28. The second-order valence-electron chi connectivity index (χ2n) is 5.24. The van der Waals surface area contributed by atoms with Crippen molar-refractivity contribution in [2.24, 2.45) is 5.92 Å². The summed E-state index contributed by atoms with van der Waals surface area (Å²) in [5.74, 6) is -0.896. The number of halogens is 2. The predicted molar refractivity (Wildman–Crippen MR) is 69.5 cm³/mol. The first-order valence-electron chi connectivity index (χ1n) is 6.86. The van der Waals surface area contributed by atoms with Gasteiger partial charge in [0.15, 0.2) is 11.6 Å². The first-order chi connectivity index (χ1) is 8.69. The van der Waals surface area contributed by atoms with Crippen molar-refractivity contribution in [1.29, 1.82) is 0 Å². The molecule has 1 aliphatic carbocycles. The van der Waals surface area contributed by atoms with Gasteiger partial charge in [-0.2, -0.15) is 0 Å². The zero-order valence-corrected chi connectivity index (χ0v) is 10.9. The lowest BCUT2D eigenvalue weighted by molar-refractivity contribution is 0.287. The number of rotatable bonds is 4. The summed E-state index contributed by atoms with van der Waals surface area (Å²) in [5, 5.41) is 3.49. The molecule has 1 aromatic rings. The van der Waals surface area contributed by atoms with Crippen LogP contribution < -0.4 is 5.32 Å². The Balaban J connectivity index is 1.93. The second-order valence-corrected chi connectivity index (χ2v) is 5.24. The maximum atomic E-state index is 13.1. The Kier molecular flexibility index (Phi) is 4.70. The van der Waals surface area contributed by atoms with Gasteiger partial charge in [0, 0.05) is 6.04 Å². The number of benzene rings is 1. The highest BCUT2D eigenvalue weighted by Gasteiger charge is 2.21. The molecule has 0 aliphatic heterocycles. The average molecular weight is 253 g/mol. The van der Waals surface area contributed by atoms with Crippen LogP contribution in [-0.2, 0) is 6.42 Å². The molecule has 3 heteroatoms. The van der Waals surface area contributed by atoms with Gasteiger partial charge in [-0.15, -0.1) is 0 Å². The van der Waals surface area contributed by atoms with E-state index in [0.29, 0.717) is 12.0 Å². The van der Waals surface area contributed by atoms with Gasteiger partial charge in [-0.25, -0.2) is 8.78 Å². The highest BCUT2D eigenvalue weighted by Crippen LogP contribution is 2.27. The minimum atomic E-state index is -0.757. The molecular weight excluding hydrogens is 232 g/mol. The van der Waals surface area contributed by atoms with E-state index in [-0.39, 0.29) is 0 Å². The highest BCUT2D eigenvalue weighted by atomic mass is 19.2. The molecule has 0 saturated heterocycles. The minimum absolute atomic E-state index is 0.590. The third-order valence-electron chi connectivity index (χ3n) is 3.78. The average Bonchev–Trinajstić information content (AvgIpc) is 2.35. The van der Waals surface area contributed by atoms with Crippen LogP contribution in [0.2, 0.25) is 0 Å². The van der Waals surface area contributed by atoms with Gasteiger partial charge >= 0.3 is 0 Å². The standard InChI is InChI=1S/C15H21F2N/c1-2-18-13-5-3-4-11(9-13)8-12-6-7-14(16)15(17)10-12/h6-7,10-11,13,18H,2-5,8-9H2,1H3. The van der Waals surface area contributed by atoms with Crippen LogP contribution in [0.15, 0.2) is 18.2 Å². The molecule has 0 aromatic heterocycles. The van der Waals surface area contributed by atoms with Crippen LogP contribution in [0.1, 0.15) is 38.2 Å². The third-order valence-corrected chi connectivity index (χ3v) is 3.78. The molecule has 1 N–H and O–H groups in total. The maximum absolute atomic E-state index is 13.1. The molecule has 100 valence electrons. The van der Waals surface area contributed by atoms with E-state index < -0.39 is 11.6 Å². The first-order valence-corrected chi connectivity index (χ1v) is 6.86. The van der Waals surface area contributed by atoms with Crippen LogP contribution in [0.5, 0.6) is 0 Å². The molecule has 0 bridgehead atoms.